The van der Waals surface area contributed by atoms with Crippen molar-refractivity contribution >= 4 is 41.7 Å². The van der Waals surface area contributed by atoms with Crippen molar-refractivity contribution in [2.45, 2.75) is 51.5 Å². The van der Waals surface area contributed by atoms with Gasteiger partial charge in [0.1, 0.15) is 5.82 Å². The smallest absolute Gasteiger partial charge is 0.230 e. The van der Waals surface area contributed by atoms with Crippen molar-refractivity contribution in [3.63, 3.8) is 0 Å². The van der Waals surface area contributed by atoms with E-state index in [1.54, 1.807) is 4.90 Å². The summed E-state index contributed by atoms with van der Waals surface area (Å²) in [7, 11) is 3.70. The van der Waals surface area contributed by atoms with E-state index in [0.717, 1.165) is 69.9 Å². The van der Waals surface area contributed by atoms with Crippen LogP contribution in [0.3, 0.4) is 0 Å². The van der Waals surface area contributed by atoms with E-state index in [4.69, 9.17) is 4.99 Å². The van der Waals surface area contributed by atoms with Crippen LogP contribution in [0.15, 0.2) is 29.4 Å². The zero-order chi connectivity index (χ0) is 20.7. The predicted octanol–water partition coefficient (Wildman–Crippen LogP) is 2.87. The van der Waals surface area contributed by atoms with Gasteiger partial charge in [-0.3, -0.25) is 9.79 Å². The number of nitrogens with zero attached hydrogens (tertiary/aromatic N) is 4. The molecule has 2 fully saturated rings. The maximum absolute atomic E-state index is 12.8. The van der Waals surface area contributed by atoms with Crippen molar-refractivity contribution in [1.29, 1.82) is 0 Å². The predicted molar refractivity (Wildman–Crippen MR) is 134 cm³/mol. The minimum Gasteiger partial charge on any atom is -0.357 e. The first-order chi connectivity index (χ1) is 14.0. The van der Waals surface area contributed by atoms with Crippen molar-refractivity contribution < 1.29 is 4.79 Å². The maximum atomic E-state index is 12.8. The van der Waals surface area contributed by atoms with E-state index >= 15 is 0 Å². The number of anilines is 1. The van der Waals surface area contributed by atoms with Gasteiger partial charge in [-0.05, 0) is 44.7 Å². The minimum atomic E-state index is -0.325. The summed E-state index contributed by atoms with van der Waals surface area (Å²) in [6.45, 7) is 5.42. The Morgan fingerprint density at radius 3 is 2.53 bits per heavy atom. The zero-order valence-corrected chi connectivity index (χ0v) is 20.9. The molecule has 7 nitrogen and oxygen atoms in total. The van der Waals surface area contributed by atoms with Crippen molar-refractivity contribution in [2.75, 3.05) is 45.2 Å². The number of halogens is 1. The van der Waals surface area contributed by atoms with Crippen LogP contribution in [0.1, 0.15) is 45.4 Å². The van der Waals surface area contributed by atoms with Gasteiger partial charge in [0.05, 0.1) is 12.0 Å². The molecule has 1 aliphatic carbocycles. The summed E-state index contributed by atoms with van der Waals surface area (Å²) in [6.07, 6.45) is 8.05. The molecule has 2 aliphatic rings. The summed E-state index contributed by atoms with van der Waals surface area (Å²) in [5.74, 6) is 2.11. The normalized spacial score (nSPS) is 19.2. The number of pyridine rings is 1. The number of piperidine rings is 1. The first-order valence-corrected chi connectivity index (χ1v) is 11.0. The molecule has 1 aliphatic heterocycles. The molecule has 8 heteroatoms. The Labute approximate surface area is 198 Å². The Morgan fingerprint density at radius 2 is 1.97 bits per heavy atom. The van der Waals surface area contributed by atoms with Crippen molar-refractivity contribution in [1.82, 2.24) is 20.5 Å². The second-order valence-corrected chi connectivity index (χ2v) is 8.48. The fourth-order valence-electron chi connectivity index (χ4n) is 4.50. The molecule has 2 N–H and O–H groups in total. The van der Waals surface area contributed by atoms with Crippen LogP contribution in [0.25, 0.3) is 0 Å². The van der Waals surface area contributed by atoms with Gasteiger partial charge < -0.3 is 20.4 Å². The van der Waals surface area contributed by atoms with Gasteiger partial charge in [-0.15, -0.1) is 24.0 Å². The van der Waals surface area contributed by atoms with Gasteiger partial charge in [-0.25, -0.2) is 4.98 Å². The number of guanidine groups is 1. The Kier molecular flexibility index (Phi) is 9.64. The molecule has 1 aromatic heterocycles. The number of hydrogen-bond donors (Lipinski definition) is 2. The average Bonchev–Trinajstić information content (AvgIpc) is 3.23. The molecule has 1 saturated heterocycles. The SMILES string of the molecule is CCNC(=NCC1(C(=O)N(C)C)CCCC1)NC1CCN(c2ccccn2)CC1.I. The Hall–Kier alpha value is -1.58. The molecular weight excluding hydrogens is 491 g/mol. The third-order valence-corrected chi connectivity index (χ3v) is 6.11. The third kappa shape index (κ3) is 6.21. The quantitative estimate of drug-likeness (QED) is 0.338. The first-order valence-electron chi connectivity index (χ1n) is 11.0. The van der Waals surface area contributed by atoms with Gasteiger partial charge >= 0.3 is 0 Å². The van der Waals surface area contributed by atoms with Crippen LogP contribution in [0.5, 0.6) is 0 Å². The summed E-state index contributed by atoms with van der Waals surface area (Å²) in [5, 5.41) is 6.98. The molecule has 0 bridgehead atoms. The van der Waals surface area contributed by atoms with E-state index in [9.17, 15) is 4.79 Å². The number of nitrogens with one attached hydrogen (secondary N) is 2. The lowest BCUT2D eigenvalue weighted by Gasteiger charge is -2.34. The van der Waals surface area contributed by atoms with Crippen LogP contribution in [-0.4, -0.2) is 68.1 Å². The zero-order valence-electron chi connectivity index (χ0n) is 18.6. The lowest BCUT2D eigenvalue weighted by atomic mass is 9.85. The monoisotopic (exact) mass is 528 g/mol. The number of amides is 1. The van der Waals surface area contributed by atoms with Crippen molar-refractivity contribution in [2.24, 2.45) is 10.4 Å². The maximum Gasteiger partial charge on any atom is 0.230 e. The van der Waals surface area contributed by atoms with Gasteiger partial charge in [0.15, 0.2) is 5.96 Å². The lowest BCUT2D eigenvalue weighted by molar-refractivity contribution is -0.138. The summed E-state index contributed by atoms with van der Waals surface area (Å²) in [6, 6.07) is 6.45. The summed E-state index contributed by atoms with van der Waals surface area (Å²) in [5.41, 5.74) is -0.325. The molecule has 3 rings (SSSR count). The highest BCUT2D eigenvalue weighted by Gasteiger charge is 2.42. The van der Waals surface area contributed by atoms with Crippen LogP contribution < -0.4 is 15.5 Å². The molecule has 2 heterocycles. The third-order valence-electron chi connectivity index (χ3n) is 6.11. The van der Waals surface area contributed by atoms with Gasteiger partial charge in [0.2, 0.25) is 5.91 Å². The van der Waals surface area contributed by atoms with Crippen LogP contribution >= 0.6 is 24.0 Å². The Balaban J connectivity index is 0.00000320. The standard InChI is InChI=1S/C22H36N6O.HI/c1-4-23-21(25-17-22(12-6-7-13-22)20(29)27(2)3)26-18-10-15-28(16-11-18)19-9-5-8-14-24-19;/h5,8-9,14,18H,4,6-7,10-13,15-17H2,1-3H3,(H2,23,25,26);1H. The topological polar surface area (TPSA) is 72.9 Å². The highest BCUT2D eigenvalue weighted by atomic mass is 127. The second-order valence-electron chi connectivity index (χ2n) is 8.48. The largest absolute Gasteiger partial charge is 0.357 e. The molecule has 0 spiro atoms. The highest BCUT2D eigenvalue weighted by Crippen LogP contribution is 2.39. The molecule has 0 aromatic carbocycles. The van der Waals surface area contributed by atoms with Gasteiger partial charge in [0, 0.05) is 46.0 Å². The van der Waals surface area contributed by atoms with Crippen LogP contribution in [-0.2, 0) is 4.79 Å². The fraction of sp³-hybridized carbons (Fsp3) is 0.682. The van der Waals surface area contributed by atoms with Gasteiger partial charge in [-0.1, -0.05) is 18.9 Å². The summed E-state index contributed by atoms with van der Waals surface area (Å²) < 4.78 is 0. The Bertz CT molecular complexity index is 682. The molecular formula is C22H37IN6O. The van der Waals surface area contributed by atoms with Crippen LogP contribution in [0.2, 0.25) is 0 Å². The van der Waals surface area contributed by atoms with Crippen LogP contribution in [0, 0.1) is 5.41 Å². The van der Waals surface area contributed by atoms with Gasteiger partial charge in [-0.2, -0.15) is 0 Å². The van der Waals surface area contributed by atoms with Crippen LogP contribution in [0.4, 0.5) is 5.82 Å². The number of aliphatic imine (C=N–C) groups is 1. The first kappa shape index (κ1) is 24.7. The van der Waals surface area contributed by atoms with Crippen molar-refractivity contribution in [3.05, 3.63) is 24.4 Å². The molecule has 30 heavy (non-hydrogen) atoms. The number of hydrogen-bond acceptors (Lipinski definition) is 4. The molecule has 1 amide bonds. The Morgan fingerprint density at radius 1 is 1.27 bits per heavy atom. The molecule has 1 saturated carbocycles. The molecule has 0 unspecified atom stereocenters. The van der Waals surface area contributed by atoms with E-state index in [0.29, 0.717) is 12.6 Å². The summed E-state index contributed by atoms with van der Waals surface area (Å²) >= 11 is 0. The van der Waals surface area contributed by atoms with E-state index in [-0.39, 0.29) is 35.3 Å². The van der Waals surface area contributed by atoms with Gasteiger partial charge in [0.25, 0.3) is 0 Å². The highest BCUT2D eigenvalue weighted by molar-refractivity contribution is 14.0. The number of carbonyl (C=O) groups excluding carboxylic acids is 1. The molecule has 1 aromatic rings. The minimum absolute atomic E-state index is 0. The number of rotatable bonds is 6. The summed E-state index contributed by atoms with van der Waals surface area (Å²) in [4.78, 5) is 26.2. The van der Waals surface area contributed by atoms with E-state index in [1.165, 1.54) is 0 Å². The van der Waals surface area contributed by atoms with E-state index in [2.05, 4.69) is 33.5 Å². The number of aromatic nitrogens is 1. The van der Waals surface area contributed by atoms with E-state index < -0.39 is 0 Å². The van der Waals surface area contributed by atoms with E-state index in [1.807, 2.05) is 32.4 Å². The average molecular weight is 528 g/mol. The number of carbonyl (C=O) groups is 1. The van der Waals surface area contributed by atoms with Crippen molar-refractivity contribution in [3.8, 4) is 0 Å². The molecule has 0 radical (unpaired) electrons. The lowest BCUT2D eigenvalue weighted by Crippen LogP contribution is -2.49. The fourth-order valence-corrected chi connectivity index (χ4v) is 4.50. The molecule has 0 atom stereocenters. The second kappa shape index (κ2) is 11.7. The molecule has 168 valence electrons.